The van der Waals surface area contributed by atoms with Crippen molar-refractivity contribution in [3.05, 3.63) is 59.7 Å². The van der Waals surface area contributed by atoms with Crippen molar-refractivity contribution in [1.29, 1.82) is 0 Å². The highest BCUT2D eigenvalue weighted by atomic mass is 19.1. The van der Waals surface area contributed by atoms with Gasteiger partial charge in [0, 0.05) is 5.69 Å². The number of benzene rings is 1. The molecular formula is C29H40FNO2. The van der Waals surface area contributed by atoms with Crippen molar-refractivity contribution in [2.75, 3.05) is 0 Å². The van der Waals surface area contributed by atoms with Crippen LogP contribution in [0.4, 0.5) is 4.39 Å². The maximum absolute atomic E-state index is 13.0. The number of hydrogen-bond acceptors (Lipinski definition) is 3. The highest BCUT2D eigenvalue weighted by Gasteiger charge is 2.27. The number of carbonyl (C=O) groups is 1. The number of unbranched alkanes of at least 4 members (excludes halogenated alkanes) is 6. The Labute approximate surface area is 199 Å². The summed E-state index contributed by atoms with van der Waals surface area (Å²) in [4.78, 5) is 17.0. The third kappa shape index (κ3) is 9.27. The molecule has 1 fully saturated rings. The molecule has 0 atom stereocenters. The van der Waals surface area contributed by atoms with Crippen molar-refractivity contribution >= 4 is 5.97 Å². The summed E-state index contributed by atoms with van der Waals surface area (Å²) in [6.07, 6.45) is 18.3. The van der Waals surface area contributed by atoms with Gasteiger partial charge in [-0.2, -0.15) is 0 Å². The Hall–Kier alpha value is -2.23. The lowest BCUT2D eigenvalue weighted by atomic mass is 9.80. The molecule has 1 heterocycles. The zero-order valence-electron chi connectivity index (χ0n) is 20.2. The van der Waals surface area contributed by atoms with E-state index in [-0.39, 0.29) is 17.7 Å². The van der Waals surface area contributed by atoms with Crippen LogP contribution in [0.2, 0.25) is 0 Å². The molecule has 0 bridgehead atoms. The molecule has 0 aliphatic heterocycles. The van der Waals surface area contributed by atoms with Crippen LogP contribution < -0.4 is 4.74 Å². The van der Waals surface area contributed by atoms with Crippen molar-refractivity contribution in [2.45, 2.75) is 96.8 Å². The van der Waals surface area contributed by atoms with Crippen LogP contribution in [0.25, 0.3) is 0 Å². The van der Waals surface area contributed by atoms with Gasteiger partial charge in [0.2, 0.25) is 0 Å². The maximum Gasteiger partial charge on any atom is 0.314 e. The number of rotatable bonds is 13. The number of esters is 1. The molecule has 2 aromatic rings. The predicted octanol–water partition coefficient (Wildman–Crippen LogP) is 7.86. The van der Waals surface area contributed by atoms with Crippen molar-refractivity contribution < 1.29 is 13.9 Å². The van der Waals surface area contributed by atoms with E-state index in [1.165, 1.54) is 63.5 Å². The van der Waals surface area contributed by atoms with E-state index in [4.69, 9.17) is 4.74 Å². The van der Waals surface area contributed by atoms with E-state index < -0.39 is 0 Å². The van der Waals surface area contributed by atoms with E-state index in [0.717, 1.165) is 55.7 Å². The van der Waals surface area contributed by atoms with Crippen LogP contribution in [0.3, 0.4) is 0 Å². The fourth-order valence-electron chi connectivity index (χ4n) is 4.82. The number of halogens is 1. The van der Waals surface area contributed by atoms with Gasteiger partial charge in [-0.25, -0.2) is 4.39 Å². The second kappa shape index (κ2) is 14.1. The van der Waals surface area contributed by atoms with Gasteiger partial charge in [-0.3, -0.25) is 9.78 Å². The summed E-state index contributed by atoms with van der Waals surface area (Å²) in [5.41, 5.74) is 2.02. The molecule has 4 heteroatoms. The molecule has 33 heavy (non-hydrogen) atoms. The van der Waals surface area contributed by atoms with Crippen LogP contribution in [0.15, 0.2) is 42.6 Å². The molecule has 0 N–H and O–H groups in total. The first-order valence-electron chi connectivity index (χ1n) is 13.0. The van der Waals surface area contributed by atoms with E-state index in [2.05, 4.69) is 11.9 Å². The molecule has 180 valence electrons. The first-order chi connectivity index (χ1) is 16.1. The molecule has 3 rings (SSSR count). The van der Waals surface area contributed by atoms with Crippen LogP contribution in [0.5, 0.6) is 5.75 Å². The lowest BCUT2D eigenvalue weighted by molar-refractivity contribution is -0.140. The van der Waals surface area contributed by atoms with Crippen LogP contribution >= 0.6 is 0 Å². The van der Waals surface area contributed by atoms with Gasteiger partial charge in [-0.15, -0.1) is 0 Å². The molecular weight excluding hydrogens is 413 g/mol. The summed E-state index contributed by atoms with van der Waals surface area (Å²) in [5, 5.41) is 0. The molecule has 3 nitrogen and oxygen atoms in total. The molecule has 0 amide bonds. The fourth-order valence-corrected chi connectivity index (χ4v) is 4.82. The standard InChI is InChI=1S/C29H40FNO2/c1-2-3-4-5-6-7-8-9-23-10-15-25(16-11-23)29(32)33-28-21-20-27(31-22-28)19-14-24-12-17-26(30)18-13-24/h12-13,17-18,20-23,25H,2-11,14-16,19H2,1H3/t23-,25-. The first kappa shape index (κ1) is 25.4. The zero-order valence-corrected chi connectivity index (χ0v) is 20.2. The van der Waals surface area contributed by atoms with Gasteiger partial charge in [0.25, 0.3) is 0 Å². The number of aromatic nitrogens is 1. The fraction of sp³-hybridized carbons (Fsp3) is 0.586. The van der Waals surface area contributed by atoms with E-state index in [1.807, 2.05) is 12.1 Å². The number of hydrogen-bond donors (Lipinski definition) is 0. The van der Waals surface area contributed by atoms with Crippen molar-refractivity contribution in [1.82, 2.24) is 4.98 Å². The summed E-state index contributed by atoms with van der Waals surface area (Å²) in [6.45, 7) is 2.26. The van der Waals surface area contributed by atoms with Gasteiger partial charge >= 0.3 is 5.97 Å². The Bertz CT molecular complexity index is 811. The maximum atomic E-state index is 13.0. The third-order valence-corrected chi connectivity index (χ3v) is 7.00. The molecule has 1 aliphatic carbocycles. The van der Waals surface area contributed by atoms with Gasteiger partial charge in [0.1, 0.15) is 11.6 Å². The SMILES string of the molecule is CCCCCCCCC[C@H]1CC[C@H](C(=O)Oc2ccc(CCc3ccc(F)cc3)nc2)CC1. The number of pyridine rings is 1. The van der Waals surface area contributed by atoms with Crippen LogP contribution in [-0.4, -0.2) is 11.0 Å². The van der Waals surface area contributed by atoms with Crippen molar-refractivity contribution in [3.8, 4) is 5.75 Å². The van der Waals surface area contributed by atoms with Gasteiger partial charge in [-0.1, -0.05) is 70.4 Å². The quantitative estimate of drug-likeness (QED) is 0.229. The van der Waals surface area contributed by atoms with Gasteiger partial charge in [0.05, 0.1) is 12.1 Å². The largest absolute Gasteiger partial charge is 0.425 e. The lowest BCUT2D eigenvalue weighted by Crippen LogP contribution is -2.25. The van der Waals surface area contributed by atoms with Gasteiger partial charge in [-0.05, 0) is 74.3 Å². The average Bonchev–Trinajstić information content (AvgIpc) is 2.84. The lowest BCUT2D eigenvalue weighted by Gasteiger charge is -2.27. The Morgan fingerprint density at radius 1 is 0.909 bits per heavy atom. The van der Waals surface area contributed by atoms with Crippen LogP contribution in [-0.2, 0) is 17.6 Å². The second-order valence-corrected chi connectivity index (χ2v) is 9.66. The normalized spacial score (nSPS) is 18.2. The monoisotopic (exact) mass is 453 g/mol. The number of ether oxygens (including phenoxy) is 1. The Morgan fingerprint density at radius 3 is 2.27 bits per heavy atom. The van der Waals surface area contributed by atoms with Crippen molar-refractivity contribution in [3.63, 3.8) is 0 Å². The third-order valence-electron chi connectivity index (χ3n) is 7.00. The van der Waals surface area contributed by atoms with E-state index in [9.17, 15) is 9.18 Å². The summed E-state index contributed by atoms with van der Waals surface area (Å²) < 4.78 is 18.6. The minimum absolute atomic E-state index is 0.0217. The van der Waals surface area contributed by atoms with E-state index in [1.54, 1.807) is 18.3 Å². The molecule has 1 saturated carbocycles. The minimum atomic E-state index is -0.218. The number of aryl methyl sites for hydroxylation is 2. The Balaban J connectivity index is 1.31. The topological polar surface area (TPSA) is 39.2 Å². The summed E-state index contributed by atoms with van der Waals surface area (Å²) in [7, 11) is 0. The predicted molar refractivity (Wildman–Crippen MR) is 132 cm³/mol. The summed E-state index contributed by atoms with van der Waals surface area (Å²) in [5.74, 6) is 1.01. The van der Waals surface area contributed by atoms with Crippen LogP contribution in [0, 0.1) is 17.7 Å². The smallest absolute Gasteiger partial charge is 0.314 e. The summed E-state index contributed by atoms with van der Waals surface area (Å²) in [6, 6.07) is 10.3. The highest BCUT2D eigenvalue weighted by Crippen LogP contribution is 2.33. The van der Waals surface area contributed by atoms with Crippen molar-refractivity contribution in [2.24, 2.45) is 11.8 Å². The number of nitrogens with zero attached hydrogens (tertiary/aromatic N) is 1. The van der Waals surface area contributed by atoms with Gasteiger partial charge in [0.15, 0.2) is 0 Å². The van der Waals surface area contributed by atoms with Gasteiger partial charge < -0.3 is 4.74 Å². The van der Waals surface area contributed by atoms with E-state index >= 15 is 0 Å². The Kier molecular flexibility index (Phi) is 10.9. The molecule has 1 aromatic carbocycles. The minimum Gasteiger partial charge on any atom is -0.425 e. The molecule has 0 unspecified atom stereocenters. The first-order valence-corrected chi connectivity index (χ1v) is 13.0. The molecule has 0 spiro atoms. The van der Waals surface area contributed by atoms with E-state index in [0.29, 0.717) is 5.75 Å². The molecule has 0 saturated heterocycles. The average molecular weight is 454 g/mol. The highest BCUT2D eigenvalue weighted by molar-refractivity contribution is 5.75. The Morgan fingerprint density at radius 2 is 1.61 bits per heavy atom. The summed E-state index contributed by atoms with van der Waals surface area (Å²) >= 11 is 0. The van der Waals surface area contributed by atoms with Crippen LogP contribution in [0.1, 0.15) is 95.2 Å². The zero-order chi connectivity index (χ0) is 23.3. The number of carbonyl (C=O) groups excluding carboxylic acids is 1. The molecule has 1 aliphatic rings. The molecule has 0 radical (unpaired) electrons. The molecule has 1 aromatic heterocycles. The second-order valence-electron chi connectivity index (χ2n) is 9.66.